The van der Waals surface area contributed by atoms with Crippen LogP contribution >= 0.6 is 0 Å². The van der Waals surface area contributed by atoms with Gasteiger partial charge in [-0.2, -0.15) is 0 Å². The third-order valence-corrected chi connectivity index (χ3v) is 8.48. The summed E-state index contributed by atoms with van der Waals surface area (Å²) in [6, 6.07) is 0. The molecule has 1 unspecified atom stereocenters. The number of hydrogen-bond acceptors (Lipinski definition) is 6. The molecule has 4 fully saturated rings. The molecule has 0 aromatic carbocycles. The zero-order chi connectivity index (χ0) is 18.0. The molecule has 2 aliphatic carbocycles. The molecular weight excluding hydrogens is 324 g/mol. The number of carbonyl (C=O) groups is 1. The quantitative estimate of drug-likeness (QED) is 0.475. The number of rotatable bonds is 1. The van der Waals surface area contributed by atoms with Crippen LogP contribution in [0.2, 0.25) is 0 Å². The number of esters is 1. The summed E-state index contributed by atoms with van der Waals surface area (Å²) in [5.41, 5.74) is -4.89. The molecule has 3 N–H and O–H groups in total. The molecule has 6 heteroatoms. The molecule has 0 aromatic rings. The lowest BCUT2D eigenvalue weighted by atomic mass is 9.46. The van der Waals surface area contributed by atoms with Crippen molar-refractivity contribution in [3.05, 3.63) is 11.6 Å². The Morgan fingerprint density at radius 1 is 1.24 bits per heavy atom. The van der Waals surface area contributed by atoms with E-state index in [2.05, 4.69) is 6.92 Å². The Balaban J connectivity index is 1.86. The van der Waals surface area contributed by atoms with Crippen molar-refractivity contribution in [2.75, 3.05) is 6.61 Å². The van der Waals surface area contributed by atoms with E-state index in [0.29, 0.717) is 12.0 Å². The van der Waals surface area contributed by atoms with E-state index in [1.54, 1.807) is 6.92 Å². The maximum absolute atomic E-state index is 13.1. The molecule has 3 aliphatic heterocycles. The van der Waals surface area contributed by atoms with Gasteiger partial charge in [-0.3, -0.25) is 4.79 Å². The smallest absolute Gasteiger partial charge is 0.318 e. The van der Waals surface area contributed by atoms with E-state index in [1.807, 2.05) is 13.0 Å². The van der Waals surface area contributed by atoms with Gasteiger partial charge in [-0.25, -0.2) is 0 Å². The van der Waals surface area contributed by atoms with Gasteiger partial charge < -0.3 is 24.8 Å². The lowest BCUT2D eigenvalue weighted by Gasteiger charge is -2.59. The second-order valence-electron chi connectivity index (χ2n) is 9.34. The highest BCUT2D eigenvalue weighted by atomic mass is 16.6. The summed E-state index contributed by atoms with van der Waals surface area (Å²) in [4.78, 5) is 13.1. The van der Waals surface area contributed by atoms with Gasteiger partial charge in [0.05, 0.1) is 12.7 Å². The first-order chi connectivity index (χ1) is 11.6. The molecule has 5 aliphatic rings. The molecule has 138 valence electrons. The highest BCUT2D eigenvalue weighted by molar-refractivity contribution is 5.83. The molecule has 1 saturated carbocycles. The standard InChI is InChI=1S/C19H26O6/c1-10-4-5-12-18(23)8-19-11(6-15(10,18)2)16(3,22)13(25-19)7-17(19,9-20)14(21)24-12/h6,10,12-13,20,22-23H,4-5,7-9H2,1-3H3/t10-,12-,13+,15+,16?,17+,18+,19+/m0/s1. The Bertz CT molecular complexity index is 715. The van der Waals surface area contributed by atoms with Crippen LogP contribution in [0.4, 0.5) is 0 Å². The van der Waals surface area contributed by atoms with Crippen molar-refractivity contribution in [3.63, 3.8) is 0 Å². The topological polar surface area (TPSA) is 96.2 Å². The zero-order valence-electron chi connectivity index (χ0n) is 14.9. The highest BCUT2D eigenvalue weighted by Crippen LogP contribution is 2.72. The van der Waals surface area contributed by atoms with Crippen molar-refractivity contribution in [2.45, 2.75) is 75.5 Å². The van der Waals surface area contributed by atoms with E-state index in [4.69, 9.17) is 9.47 Å². The summed E-state index contributed by atoms with van der Waals surface area (Å²) in [5.74, 6) is -0.326. The number of hydrogen-bond donors (Lipinski definition) is 3. The van der Waals surface area contributed by atoms with Crippen molar-refractivity contribution < 1.29 is 29.6 Å². The van der Waals surface area contributed by atoms with E-state index in [1.165, 1.54) is 0 Å². The first-order valence-electron chi connectivity index (χ1n) is 9.26. The monoisotopic (exact) mass is 350 g/mol. The number of aliphatic hydroxyl groups is 3. The highest BCUT2D eigenvalue weighted by Gasteiger charge is 2.82. The fourth-order valence-corrected chi connectivity index (χ4v) is 6.53. The van der Waals surface area contributed by atoms with Gasteiger partial charge in [0.1, 0.15) is 28.3 Å². The van der Waals surface area contributed by atoms with Gasteiger partial charge in [0.15, 0.2) is 0 Å². The molecule has 0 radical (unpaired) electrons. The second-order valence-corrected chi connectivity index (χ2v) is 9.34. The molecule has 5 rings (SSSR count). The Labute approximate surface area is 146 Å². The van der Waals surface area contributed by atoms with Crippen molar-refractivity contribution in [1.29, 1.82) is 0 Å². The van der Waals surface area contributed by atoms with Gasteiger partial charge in [-0.05, 0) is 37.7 Å². The molecule has 0 aromatic heterocycles. The van der Waals surface area contributed by atoms with Crippen molar-refractivity contribution >= 4 is 5.97 Å². The molecule has 25 heavy (non-hydrogen) atoms. The maximum Gasteiger partial charge on any atom is 0.318 e. The van der Waals surface area contributed by atoms with Crippen LogP contribution in [0.1, 0.15) is 46.5 Å². The van der Waals surface area contributed by atoms with Crippen LogP contribution < -0.4 is 0 Å². The molecule has 3 saturated heterocycles. The number of carbonyl (C=O) groups excluding carboxylic acids is 1. The van der Waals surface area contributed by atoms with Gasteiger partial charge in [0, 0.05) is 11.8 Å². The van der Waals surface area contributed by atoms with Crippen LogP contribution in [0, 0.1) is 16.7 Å². The summed E-state index contributed by atoms with van der Waals surface area (Å²) in [6.07, 6.45) is 2.57. The second kappa shape index (κ2) is 4.14. The van der Waals surface area contributed by atoms with E-state index < -0.39 is 52.4 Å². The predicted molar refractivity (Wildman–Crippen MR) is 86.4 cm³/mol. The molecule has 1 spiro atoms. The van der Waals surface area contributed by atoms with Crippen LogP contribution in [0.15, 0.2) is 11.6 Å². The van der Waals surface area contributed by atoms with Gasteiger partial charge in [0.25, 0.3) is 0 Å². The van der Waals surface area contributed by atoms with Gasteiger partial charge in [-0.1, -0.05) is 19.9 Å². The minimum atomic E-state index is -1.27. The lowest BCUT2D eigenvalue weighted by Crippen LogP contribution is -2.68. The van der Waals surface area contributed by atoms with E-state index in [0.717, 1.165) is 6.42 Å². The Morgan fingerprint density at radius 3 is 2.64 bits per heavy atom. The normalized spacial score (nSPS) is 61.6. The van der Waals surface area contributed by atoms with Gasteiger partial charge in [0.2, 0.25) is 0 Å². The van der Waals surface area contributed by atoms with Gasteiger partial charge >= 0.3 is 5.97 Å². The van der Waals surface area contributed by atoms with Crippen molar-refractivity contribution in [1.82, 2.24) is 0 Å². The third-order valence-electron chi connectivity index (χ3n) is 8.48. The van der Waals surface area contributed by atoms with E-state index in [-0.39, 0.29) is 18.8 Å². The summed E-state index contributed by atoms with van der Waals surface area (Å²) in [7, 11) is 0. The summed E-state index contributed by atoms with van der Waals surface area (Å²) in [6.45, 7) is 5.39. The minimum absolute atomic E-state index is 0.175. The third kappa shape index (κ3) is 1.38. The maximum atomic E-state index is 13.1. The summed E-state index contributed by atoms with van der Waals surface area (Å²) in [5, 5.41) is 33.2. The SMILES string of the molecule is C[C@H]1CC[C@@H]2OC(=O)[C@]3(CO)C[C@H]4O[C@@]35C[C@]2(O)[C@]1(C)C=C5C4(C)O. The van der Waals surface area contributed by atoms with Crippen LogP contribution in [0.5, 0.6) is 0 Å². The van der Waals surface area contributed by atoms with Crippen LogP contribution in [-0.4, -0.2) is 56.9 Å². The van der Waals surface area contributed by atoms with Crippen LogP contribution in [-0.2, 0) is 14.3 Å². The zero-order valence-corrected chi connectivity index (χ0v) is 14.9. The predicted octanol–water partition coefficient (Wildman–Crippen LogP) is 0.680. The fraction of sp³-hybridized carbons (Fsp3) is 0.842. The summed E-state index contributed by atoms with van der Waals surface area (Å²) >= 11 is 0. The average molecular weight is 350 g/mol. The lowest BCUT2D eigenvalue weighted by molar-refractivity contribution is -0.210. The fourth-order valence-electron chi connectivity index (χ4n) is 6.53. The Morgan fingerprint density at radius 2 is 1.96 bits per heavy atom. The summed E-state index contributed by atoms with van der Waals surface area (Å²) < 4.78 is 12.0. The first kappa shape index (κ1) is 16.2. The van der Waals surface area contributed by atoms with Gasteiger partial charge in [-0.15, -0.1) is 0 Å². The minimum Gasteiger partial charge on any atom is -0.459 e. The van der Waals surface area contributed by atoms with Crippen LogP contribution in [0.3, 0.4) is 0 Å². The molecule has 3 bridgehead atoms. The average Bonchev–Trinajstić information content (AvgIpc) is 2.95. The number of fused-ring (bicyclic) bond motifs is 1. The molecule has 0 amide bonds. The number of ether oxygens (including phenoxy) is 2. The van der Waals surface area contributed by atoms with Crippen LogP contribution in [0.25, 0.3) is 0 Å². The molecule has 6 nitrogen and oxygen atoms in total. The molecular formula is C19H26O6. The Kier molecular flexibility index (Phi) is 2.69. The molecule has 8 atom stereocenters. The van der Waals surface area contributed by atoms with Crippen molar-refractivity contribution in [2.24, 2.45) is 16.7 Å². The largest absolute Gasteiger partial charge is 0.459 e. The van der Waals surface area contributed by atoms with E-state index >= 15 is 0 Å². The Hall–Kier alpha value is -0.950. The molecule has 3 heterocycles. The number of aliphatic hydroxyl groups excluding tert-OH is 1. The van der Waals surface area contributed by atoms with Crippen molar-refractivity contribution in [3.8, 4) is 0 Å². The van der Waals surface area contributed by atoms with E-state index in [9.17, 15) is 20.1 Å². The first-order valence-corrected chi connectivity index (χ1v) is 9.26.